The van der Waals surface area contributed by atoms with E-state index in [1.54, 1.807) is 13.1 Å². The Morgan fingerprint density at radius 2 is 2.08 bits per heavy atom. The van der Waals surface area contributed by atoms with Gasteiger partial charge in [0.05, 0.1) is 0 Å². The second kappa shape index (κ2) is 4.33. The third-order valence-electron chi connectivity index (χ3n) is 2.11. The average molecular weight is 185 g/mol. The molecule has 1 aromatic rings. The van der Waals surface area contributed by atoms with Gasteiger partial charge in [0.2, 0.25) is 0 Å². The van der Waals surface area contributed by atoms with Crippen molar-refractivity contribution >= 4 is 0 Å². The lowest BCUT2D eigenvalue weighted by molar-refractivity contribution is 0.470. The average Bonchev–Trinajstić information content (AvgIpc) is 2.14. The zero-order valence-electron chi connectivity index (χ0n) is 7.77. The molecule has 3 heteroatoms. The maximum atomic E-state index is 13.2. The Morgan fingerprint density at radius 3 is 2.62 bits per heavy atom. The summed E-state index contributed by atoms with van der Waals surface area (Å²) < 4.78 is 26.0. The lowest BCUT2D eigenvalue weighted by Gasteiger charge is -2.14. The molecule has 0 spiro atoms. The van der Waals surface area contributed by atoms with E-state index < -0.39 is 11.6 Å². The van der Waals surface area contributed by atoms with Crippen LogP contribution in [0.3, 0.4) is 0 Å². The minimum Gasteiger partial charge on any atom is -0.313 e. The van der Waals surface area contributed by atoms with Gasteiger partial charge in [-0.15, -0.1) is 0 Å². The summed E-state index contributed by atoms with van der Waals surface area (Å²) in [5.41, 5.74) is 0.394. The molecule has 0 aliphatic heterocycles. The fraction of sp³-hybridized carbons (Fsp3) is 0.400. The molecule has 0 aromatic heterocycles. The van der Waals surface area contributed by atoms with Crippen molar-refractivity contribution < 1.29 is 8.78 Å². The molecule has 1 N–H and O–H groups in total. The summed E-state index contributed by atoms with van der Waals surface area (Å²) >= 11 is 0. The molecule has 0 aliphatic rings. The Balaban J connectivity index is 3.05. The molecule has 0 aliphatic carbocycles. The SMILES string of the molecule is CCC(NC)c1cccc(F)c1F. The summed E-state index contributed by atoms with van der Waals surface area (Å²) in [6.45, 7) is 1.92. The van der Waals surface area contributed by atoms with E-state index in [4.69, 9.17) is 0 Å². The van der Waals surface area contributed by atoms with E-state index in [1.807, 2.05) is 6.92 Å². The highest BCUT2D eigenvalue weighted by molar-refractivity contribution is 5.22. The predicted octanol–water partition coefficient (Wildman–Crippen LogP) is 2.64. The van der Waals surface area contributed by atoms with Crippen LogP contribution >= 0.6 is 0 Å². The van der Waals surface area contributed by atoms with Crippen LogP contribution in [0.1, 0.15) is 24.9 Å². The van der Waals surface area contributed by atoms with E-state index in [0.29, 0.717) is 5.56 Å². The second-order valence-electron chi connectivity index (χ2n) is 2.89. The van der Waals surface area contributed by atoms with Gasteiger partial charge in [0.1, 0.15) is 0 Å². The van der Waals surface area contributed by atoms with Gasteiger partial charge >= 0.3 is 0 Å². The summed E-state index contributed by atoms with van der Waals surface area (Å²) in [7, 11) is 1.73. The highest BCUT2D eigenvalue weighted by Crippen LogP contribution is 2.20. The van der Waals surface area contributed by atoms with Gasteiger partial charge < -0.3 is 5.32 Å². The van der Waals surface area contributed by atoms with Gasteiger partial charge in [-0.3, -0.25) is 0 Å². The van der Waals surface area contributed by atoms with Gasteiger partial charge in [0, 0.05) is 11.6 Å². The van der Waals surface area contributed by atoms with Gasteiger partial charge in [0.15, 0.2) is 11.6 Å². The van der Waals surface area contributed by atoms with Gasteiger partial charge in [-0.1, -0.05) is 19.1 Å². The molecule has 0 saturated heterocycles. The zero-order valence-corrected chi connectivity index (χ0v) is 7.77. The largest absolute Gasteiger partial charge is 0.313 e. The Morgan fingerprint density at radius 1 is 1.38 bits per heavy atom. The van der Waals surface area contributed by atoms with Crippen LogP contribution in [-0.4, -0.2) is 7.05 Å². The van der Waals surface area contributed by atoms with Gasteiger partial charge in [-0.25, -0.2) is 8.78 Å². The number of halogens is 2. The normalized spacial score (nSPS) is 12.9. The van der Waals surface area contributed by atoms with Crippen LogP contribution in [0.15, 0.2) is 18.2 Å². The Labute approximate surface area is 76.8 Å². The second-order valence-corrected chi connectivity index (χ2v) is 2.89. The van der Waals surface area contributed by atoms with Gasteiger partial charge in [-0.2, -0.15) is 0 Å². The molecule has 1 nitrogen and oxygen atoms in total. The van der Waals surface area contributed by atoms with Gasteiger partial charge in [0.25, 0.3) is 0 Å². The number of benzene rings is 1. The van der Waals surface area contributed by atoms with E-state index in [-0.39, 0.29) is 6.04 Å². The predicted molar refractivity (Wildman–Crippen MR) is 48.4 cm³/mol. The van der Waals surface area contributed by atoms with Crippen molar-refractivity contribution in [2.45, 2.75) is 19.4 Å². The standard InChI is InChI=1S/C10H13F2N/c1-3-9(13-2)7-5-4-6-8(11)10(7)12/h4-6,9,13H,3H2,1-2H3. The molecule has 1 unspecified atom stereocenters. The Hall–Kier alpha value is -0.960. The first-order valence-electron chi connectivity index (χ1n) is 4.31. The summed E-state index contributed by atoms with van der Waals surface area (Å²) in [5.74, 6) is -1.53. The Bertz CT molecular complexity index is 282. The van der Waals surface area contributed by atoms with E-state index in [1.165, 1.54) is 6.07 Å². The van der Waals surface area contributed by atoms with Crippen molar-refractivity contribution in [2.24, 2.45) is 0 Å². The molecule has 1 aromatic carbocycles. The first-order valence-corrected chi connectivity index (χ1v) is 4.31. The van der Waals surface area contributed by atoms with E-state index in [2.05, 4.69) is 5.32 Å². The number of nitrogens with one attached hydrogen (secondary N) is 1. The minimum atomic E-state index is -0.786. The molecule has 1 rings (SSSR count). The molecule has 0 amide bonds. The summed E-state index contributed by atoms with van der Waals surface area (Å²) in [5, 5.41) is 2.93. The molecule has 0 bridgehead atoms. The van der Waals surface area contributed by atoms with E-state index >= 15 is 0 Å². The van der Waals surface area contributed by atoms with Crippen LogP contribution < -0.4 is 5.32 Å². The van der Waals surface area contributed by atoms with Crippen molar-refractivity contribution in [1.82, 2.24) is 5.32 Å². The molecular formula is C10H13F2N. The molecule has 0 radical (unpaired) electrons. The lowest BCUT2D eigenvalue weighted by atomic mass is 10.0. The number of rotatable bonds is 3. The van der Waals surface area contributed by atoms with Crippen LogP contribution in [0, 0.1) is 11.6 Å². The molecular weight excluding hydrogens is 172 g/mol. The van der Waals surface area contributed by atoms with Crippen molar-refractivity contribution in [2.75, 3.05) is 7.05 Å². The molecule has 72 valence electrons. The monoisotopic (exact) mass is 185 g/mol. The molecule has 0 heterocycles. The fourth-order valence-electron chi connectivity index (χ4n) is 1.37. The lowest BCUT2D eigenvalue weighted by Crippen LogP contribution is -2.17. The highest BCUT2D eigenvalue weighted by Gasteiger charge is 2.14. The van der Waals surface area contributed by atoms with Crippen LogP contribution in [-0.2, 0) is 0 Å². The fourth-order valence-corrected chi connectivity index (χ4v) is 1.37. The van der Waals surface area contributed by atoms with Crippen LogP contribution in [0.5, 0.6) is 0 Å². The summed E-state index contributed by atoms with van der Waals surface area (Å²) in [6, 6.07) is 4.13. The molecule has 0 fully saturated rings. The zero-order chi connectivity index (χ0) is 9.84. The quantitative estimate of drug-likeness (QED) is 0.763. The van der Waals surface area contributed by atoms with Crippen molar-refractivity contribution in [3.8, 4) is 0 Å². The first-order chi connectivity index (χ1) is 6.20. The van der Waals surface area contributed by atoms with Crippen molar-refractivity contribution in [3.05, 3.63) is 35.4 Å². The maximum Gasteiger partial charge on any atom is 0.163 e. The third kappa shape index (κ3) is 2.04. The third-order valence-corrected chi connectivity index (χ3v) is 2.11. The number of hydrogen-bond acceptors (Lipinski definition) is 1. The highest BCUT2D eigenvalue weighted by atomic mass is 19.2. The van der Waals surface area contributed by atoms with E-state index in [0.717, 1.165) is 12.5 Å². The van der Waals surface area contributed by atoms with Crippen molar-refractivity contribution in [3.63, 3.8) is 0 Å². The van der Waals surface area contributed by atoms with Crippen LogP contribution in [0.4, 0.5) is 8.78 Å². The molecule has 13 heavy (non-hydrogen) atoms. The summed E-state index contributed by atoms with van der Waals surface area (Å²) in [6.07, 6.45) is 0.733. The van der Waals surface area contributed by atoms with Gasteiger partial charge in [-0.05, 0) is 19.5 Å². The number of hydrogen-bond donors (Lipinski definition) is 1. The topological polar surface area (TPSA) is 12.0 Å². The summed E-state index contributed by atoms with van der Waals surface area (Å²) in [4.78, 5) is 0. The maximum absolute atomic E-state index is 13.2. The first kappa shape index (κ1) is 10.1. The molecule has 0 saturated carbocycles. The Kier molecular flexibility index (Phi) is 3.37. The van der Waals surface area contributed by atoms with Crippen LogP contribution in [0.25, 0.3) is 0 Å². The molecule has 1 atom stereocenters. The minimum absolute atomic E-state index is 0.115. The smallest absolute Gasteiger partial charge is 0.163 e. The van der Waals surface area contributed by atoms with E-state index in [9.17, 15) is 8.78 Å². The van der Waals surface area contributed by atoms with Crippen LogP contribution in [0.2, 0.25) is 0 Å². The van der Waals surface area contributed by atoms with Crippen molar-refractivity contribution in [1.29, 1.82) is 0 Å².